The highest BCUT2D eigenvalue weighted by Crippen LogP contribution is 2.21. The Morgan fingerprint density at radius 3 is 2.91 bits per heavy atom. The zero-order chi connectivity index (χ0) is 16.4. The zero-order valence-corrected chi connectivity index (χ0v) is 13.8. The summed E-state index contributed by atoms with van der Waals surface area (Å²) in [4.78, 5) is 4.74. The molecule has 0 radical (unpaired) electrons. The highest BCUT2D eigenvalue weighted by molar-refractivity contribution is 5.65. The monoisotopic (exact) mass is 312 g/mol. The maximum atomic E-state index is 9.58. The van der Waals surface area contributed by atoms with Crippen molar-refractivity contribution < 1.29 is 5.11 Å². The van der Waals surface area contributed by atoms with Crippen molar-refractivity contribution in [2.24, 2.45) is 0 Å². The summed E-state index contributed by atoms with van der Waals surface area (Å²) >= 11 is 0. The highest BCUT2D eigenvalue weighted by atomic mass is 16.3. The van der Waals surface area contributed by atoms with Crippen LogP contribution in [0.2, 0.25) is 0 Å². The number of hydrogen-bond donors (Lipinski definition) is 1. The van der Waals surface area contributed by atoms with Gasteiger partial charge in [-0.25, -0.2) is 0 Å². The second-order valence-electron chi connectivity index (χ2n) is 6.56. The minimum absolute atomic E-state index is 0.286. The first kappa shape index (κ1) is 16.0. The molecule has 1 aliphatic rings. The number of hydrogen-bond acceptors (Lipinski definition) is 4. The molecule has 1 aliphatic heterocycles. The van der Waals surface area contributed by atoms with Crippen LogP contribution in [0.1, 0.15) is 25.0 Å². The molecule has 1 saturated heterocycles. The van der Waals surface area contributed by atoms with Gasteiger partial charge in [-0.2, -0.15) is 5.26 Å². The van der Waals surface area contributed by atoms with E-state index in [9.17, 15) is 10.4 Å². The van der Waals surface area contributed by atoms with Gasteiger partial charge in [0.25, 0.3) is 0 Å². The van der Waals surface area contributed by atoms with Gasteiger partial charge in [-0.05, 0) is 26.0 Å². The smallest absolute Gasteiger partial charge is 0.102 e. The summed E-state index contributed by atoms with van der Waals surface area (Å²) in [5, 5.41) is 19.1. The molecular weight excluding hydrogens is 288 g/mol. The molecule has 5 heteroatoms. The van der Waals surface area contributed by atoms with Gasteiger partial charge in [0.1, 0.15) is 6.07 Å². The van der Waals surface area contributed by atoms with E-state index < -0.39 is 0 Å². The van der Waals surface area contributed by atoms with Crippen LogP contribution in [0.5, 0.6) is 0 Å². The van der Waals surface area contributed by atoms with E-state index in [-0.39, 0.29) is 6.10 Å². The number of aliphatic hydroxyl groups excluding tert-OH is 1. The maximum absolute atomic E-state index is 9.58. The fourth-order valence-corrected chi connectivity index (χ4v) is 3.49. The third-order valence-electron chi connectivity index (χ3n) is 4.62. The topological polar surface area (TPSA) is 54.9 Å². The van der Waals surface area contributed by atoms with Gasteiger partial charge in [-0.1, -0.05) is 6.07 Å². The summed E-state index contributed by atoms with van der Waals surface area (Å²) in [6.45, 7) is 8.46. The predicted octanol–water partition coefficient (Wildman–Crippen LogP) is 1.70. The second kappa shape index (κ2) is 6.71. The van der Waals surface area contributed by atoms with E-state index in [0.717, 1.165) is 49.4 Å². The molecule has 2 aromatic heterocycles. The van der Waals surface area contributed by atoms with E-state index in [1.165, 1.54) is 0 Å². The maximum Gasteiger partial charge on any atom is 0.102 e. The lowest BCUT2D eigenvalue weighted by Gasteiger charge is -2.40. The van der Waals surface area contributed by atoms with Gasteiger partial charge in [0.15, 0.2) is 0 Å². The summed E-state index contributed by atoms with van der Waals surface area (Å²) in [7, 11) is 0. The average Bonchev–Trinajstić information content (AvgIpc) is 2.86. The summed E-state index contributed by atoms with van der Waals surface area (Å²) in [5.41, 5.74) is 2.85. The van der Waals surface area contributed by atoms with Crippen molar-refractivity contribution in [3.63, 3.8) is 0 Å². The molecule has 2 aromatic rings. The average molecular weight is 312 g/mol. The number of aromatic nitrogens is 1. The minimum atomic E-state index is -0.286. The molecule has 0 unspecified atom stereocenters. The number of nitriles is 1. The molecule has 2 atom stereocenters. The van der Waals surface area contributed by atoms with Crippen molar-refractivity contribution in [2.75, 3.05) is 26.2 Å². The van der Waals surface area contributed by atoms with E-state index in [0.29, 0.717) is 6.04 Å². The second-order valence-corrected chi connectivity index (χ2v) is 6.56. The van der Waals surface area contributed by atoms with Crippen LogP contribution >= 0.6 is 0 Å². The molecule has 0 spiro atoms. The number of fused-ring (bicyclic) bond motifs is 1. The predicted molar refractivity (Wildman–Crippen MR) is 90.1 cm³/mol. The molecule has 0 amide bonds. The lowest BCUT2D eigenvalue weighted by atomic mass is 10.1. The Bertz CT molecular complexity index is 715. The fraction of sp³-hybridized carbons (Fsp3) is 0.500. The molecule has 23 heavy (non-hydrogen) atoms. The van der Waals surface area contributed by atoms with Crippen molar-refractivity contribution in [1.29, 1.82) is 5.26 Å². The van der Waals surface area contributed by atoms with Crippen LogP contribution in [-0.2, 0) is 6.54 Å². The van der Waals surface area contributed by atoms with E-state index in [2.05, 4.69) is 29.0 Å². The van der Waals surface area contributed by atoms with Crippen LogP contribution in [0.3, 0.4) is 0 Å². The number of rotatable bonds is 4. The van der Waals surface area contributed by atoms with Crippen molar-refractivity contribution in [3.05, 3.63) is 41.7 Å². The third-order valence-corrected chi connectivity index (χ3v) is 4.62. The first-order valence-electron chi connectivity index (χ1n) is 8.21. The van der Waals surface area contributed by atoms with E-state index in [1.807, 2.05) is 35.7 Å². The van der Waals surface area contributed by atoms with Crippen LogP contribution in [-0.4, -0.2) is 57.6 Å². The SMILES string of the molecule is C[C@H](O)CN1CCN(Cc2cn3ccccc3c2C#N)C[C@@H]1C. The van der Waals surface area contributed by atoms with Crippen molar-refractivity contribution in [2.45, 2.75) is 32.5 Å². The van der Waals surface area contributed by atoms with Gasteiger partial charge in [-0.15, -0.1) is 0 Å². The Labute approximate surface area is 137 Å². The van der Waals surface area contributed by atoms with Crippen molar-refractivity contribution in [1.82, 2.24) is 14.2 Å². The standard InChI is InChI=1S/C18H24N4O/c1-14-10-20(7-8-21(14)11-15(2)23)12-16-13-22-6-4-3-5-18(22)17(16)9-19/h3-6,13-15,23H,7-8,10-12H2,1-2H3/t14-,15-/m0/s1. The van der Waals surface area contributed by atoms with Crippen molar-refractivity contribution in [3.8, 4) is 6.07 Å². The van der Waals surface area contributed by atoms with E-state index in [4.69, 9.17) is 0 Å². The minimum Gasteiger partial charge on any atom is -0.392 e. The highest BCUT2D eigenvalue weighted by Gasteiger charge is 2.25. The summed E-state index contributed by atoms with van der Waals surface area (Å²) in [6, 6.07) is 8.72. The first-order chi connectivity index (χ1) is 11.1. The van der Waals surface area contributed by atoms with Gasteiger partial charge in [0.2, 0.25) is 0 Å². The molecule has 0 aliphatic carbocycles. The Kier molecular flexibility index (Phi) is 4.67. The first-order valence-corrected chi connectivity index (χ1v) is 8.21. The van der Waals surface area contributed by atoms with Crippen LogP contribution in [0.15, 0.2) is 30.6 Å². The van der Waals surface area contributed by atoms with Crippen LogP contribution < -0.4 is 0 Å². The Hall–Kier alpha value is -1.87. The van der Waals surface area contributed by atoms with Gasteiger partial charge in [0.05, 0.1) is 17.2 Å². The third kappa shape index (κ3) is 3.40. The molecule has 1 fully saturated rings. The molecule has 3 heterocycles. The normalized spacial score (nSPS) is 21.4. The molecule has 0 saturated carbocycles. The molecule has 0 bridgehead atoms. The quantitative estimate of drug-likeness (QED) is 0.933. The number of nitrogens with zero attached hydrogens (tertiary/aromatic N) is 4. The Morgan fingerprint density at radius 1 is 1.39 bits per heavy atom. The van der Waals surface area contributed by atoms with Gasteiger partial charge in [0, 0.05) is 56.7 Å². The Balaban J connectivity index is 1.73. The zero-order valence-electron chi connectivity index (χ0n) is 13.8. The van der Waals surface area contributed by atoms with Gasteiger partial charge >= 0.3 is 0 Å². The van der Waals surface area contributed by atoms with Crippen LogP contribution in [0.25, 0.3) is 5.52 Å². The van der Waals surface area contributed by atoms with Gasteiger partial charge in [-0.3, -0.25) is 9.80 Å². The van der Waals surface area contributed by atoms with Gasteiger partial charge < -0.3 is 9.51 Å². The number of β-amino-alcohol motifs (C(OH)–C–C–N with tert-alkyl or cyclic N) is 1. The number of pyridine rings is 1. The lowest BCUT2D eigenvalue weighted by molar-refractivity contribution is 0.0423. The lowest BCUT2D eigenvalue weighted by Crippen LogP contribution is -2.53. The summed E-state index contributed by atoms with van der Waals surface area (Å²) in [5.74, 6) is 0. The summed E-state index contributed by atoms with van der Waals surface area (Å²) < 4.78 is 2.03. The largest absolute Gasteiger partial charge is 0.392 e. The number of piperazine rings is 1. The van der Waals surface area contributed by atoms with Crippen molar-refractivity contribution >= 4 is 5.52 Å². The molecule has 122 valence electrons. The van der Waals surface area contributed by atoms with Crippen LogP contribution in [0, 0.1) is 11.3 Å². The van der Waals surface area contributed by atoms with Crippen LogP contribution in [0.4, 0.5) is 0 Å². The van der Waals surface area contributed by atoms with E-state index >= 15 is 0 Å². The Morgan fingerprint density at radius 2 is 2.22 bits per heavy atom. The molecule has 1 N–H and O–H groups in total. The molecular formula is C18H24N4O. The molecule has 5 nitrogen and oxygen atoms in total. The number of aliphatic hydroxyl groups is 1. The van der Waals surface area contributed by atoms with E-state index in [1.54, 1.807) is 0 Å². The fourth-order valence-electron chi connectivity index (χ4n) is 3.49. The molecule has 3 rings (SSSR count). The molecule has 0 aromatic carbocycles. The summed E-state index contributed by atoms with van der Waals surface area (Å²) in [6.07, 6.45) is 3.77.